The molecule has 1 atom stereocenters. The second-order valence-corrected chi connectivity index (χ2v) is 4.91. The van der Waals surface area contributed by atoms with Crippen molar-refractivity contribution in [2.24, 2.45) is 5.92 Å². The smallest absolute Gasteiger partial charge is 0.215 e. The molecule has 1 saturated heterocycles. The third-order valence-electron chi connectivity index (χ3n) is 3.43. The van der Waals surface area contributed by atoms with Gasteiger partial charge in [0.25, 0.3) is 0 Å². The van der Waals surface area contributed by atoms with Crippen molar-refractivity contribution >= 4 is 11.5 Å². The minimum atomic E-state index is 0.539. The van der Waals surface area contributed by atoms with Gasteiger partial charge in [0, 0.05) is 18.7 Å². The Kier molecular flexibility index (Phi) is 3.41. The van der Waals surface area contributed by atoms with Crippen molar-refractivity contribution in [1.29, 1.82) is 0 Å². The maximum atomic E-state index is 6.03. The summed E-state index contributed by atoms with van der Waals surface area (Å²) in [5, 5.41) is 0. The third kappa shape index (κ3) is 2.30. The molecule has 2 heterocycles. The van der Waals surface area contributed by atoms with E-state index in [0.29, 0.717) is 17.8 Å². The zero-order valence-electron chi connectivity index (χ0n) is 10.8. The summed E-state index contributed by atoms with van der Waals surface area (Å²) in [5.74, 6) is 2.12. The molecule has 0 aromatic carbocycles. The average molecular weight is 235 g/mol. The molecule has 94 valence electrons. The highest BCUT2D eigenvalue weighted by Crippen LogP contribution is 2.33. The Balaban J connectivity index is 2.32. The molecule has 4 heteroatoms. The fraction of sp³-hybridized carbons (Fsp3) is 0.615. The van der Waals surface area contributed by atoms with Crippen molar-refractivity contribution in [3.63, 3.8) is 0 Å². The molecule has 1 aliphatic heterocycles. The quantitative estimate of drug-likeness (QED) is 0.873. The number of anilines is 2. The number of ether oxygens (including phenoxy) is 1. The lowest BCUT2D eigenvalue weighted by atomic mass is 10.0. The number of hydrogen-bond acceptors (Lipinski definition) is 4. The maximum absolute atomic E-state index is 6.03. The fourth-order valence-corrected chi connectivity index (χ4v) is 2.53. The number of hydrogen-bond donors (Lipinski definition) is 1. The molecule has 0 spiro atoms. The number of rotatable bonds is 3. The molecule has 0 bridgehead atoms. The zero-order chi connectivity index (χ0) is 12.4. The molecular weight excluding hydrogens is 214 g/mol. The van der Waals surface area contributed by atoms with E-state index >= 15 is 0 Å². The molecule has 1 fully saturated rings. The topological polar surface area (TPSA) is 51.4 Å². The first kappa shape index (κ1) is 12.0. The molecule has 1 aromatic rings. The van der Waals surface area contributed by atoms with Crippen molar-refractivity contribution in [2.45, 2.75) is 32.7 Å². The molecule has 0 radical (unpaired) electrons. The number of methoxy groups -OCH3 is 1. The predicted octanol–water partition coefficient (Wildman–Crippen LogP) is 2.30. The highest BCUT2D eigenvalue weighted by molar-refractivity contribution is 5.64. The van der Waals surface area contributed by atoms with Crippen LogP contribution in [0.5, 0.6) is 5.88 Å². The van der Waals surface area contributed by atoms with Crippen LogP contribution >= 0.6 is 0 Å². The summed E-state index contributed by atoms with van der Waals surface area (Å²) in [4.78, 5) is 6.81. The lowest BCUT2D eigenvalue weighted by molar-refractivity contribution is 0.397. The van der Waals surface area contributed by atoms with Gasteiger partial charge in [-0.3, -0.25) is 0 Å². The van der Waals surface area contributed by atoms with Crippen LogP contribution in [0.1, 0.15) is 26.7 Å². The largest absolute Gasteiger partial charge is 0.481 e. The lowest BCUT2D eigenvalue weighted by Gasteiger charge is -2.29. The molecule has 2 rings (SSSR count). The number of nitrogen functional groups attached to an aromatic ring is 1. The van der Waals surface area contributed by atoms with E-state index in [9.17, 15) is 0 Å². The standard InChI is InChI=1S/C13H21N3O/c1-9(2)11-5-4-8-16(11)13-10(14)6-7-12(15-13)17-3/h6-7,9,11H,4-5,8,14H2,1-3H3. The van der Waals surface area contributed by atoms with Gasteiger partial charge in [-0.1, -0.05) is 13.8 Å². The highest BCUT2D eigenvalue weighted by atomic mass is 16.5. The van der Waals surface area contributed by atoms with E-state index in [-0.39, 0.29) is 0 Å². The summed E-state index contributed by atoms with van der Waals surface area (Å²) in [7, 11) is 1.63. The van der Waals surface area contributed by atoms with E-state index in [2.05, 4.69) is 23.7 Å². The number of aromatic nitrogens is 1. The molecule has 1 unspecified atom stereocenters. The van der Waals surface area contributed by atoms with E-state index in [4.69, 9.17) is 10.5 Å². The predicted molar refractivity (Wildman–Crippen MR) is 70.4 cm³/mol. The fourth-order valence-electron chi connectivity index (χ4n) is 2.53. The van der Waals surface area contributed by atoms with Crippen molar-refractivity contribution in [3.8, 4) is 5.88 Å². The Morgan fingerprint density at radius 1 is 1.47 bits per heavy atom. The third-order valence-corrected chi connectivity index (χ3v) is 3.43. The zero-order valence-corrected chi connectivity index (χ0v) is 10.8. The molecule has 4 nitrogen and oxygen atoms in total. The number of nitrogens with two attached hydrogens (primary N) is 1. The lowest BCUT2D eigenvalue weighted by Crippen LogP contribution is -2.34. The van der Waals surface area contributed by atoms with Crippen LogP contribution in [-0.2, 0) is 0 Å². The van der Waals surface area contributed by atoms with Gasteiger partial charge in [-0.05, 0) is 24.8 Å². The van der Waals surface area contributed by atoms with E-state index < -0.39 is 0 Å². The maximum Gasteiger partial charge on any atom is 0.215 e. The molecule has 1 aliphatic rings. The summed E-state index contributed by atoms with van der Waals surface area (Å²) in [5.41, 5.74) is 6.76. The summed E-state index contributed by atoms with van der Waals surface area (Å²) < 4.78 is 5.17. The Morgan fingerprint density at radius 3 is 2.88 bits per heavy atom. The molecular formula is C13H21N3O. The van der Waals surface area contributed by atoms with E-state index in [1.807, 2.05) is 6.07 Å². The molecule has 0 saturated carbocycles. The monoisotopic (exact) mass is 235 g/mol. The van der Waals surface area contributed by atoms with Crippen LogP contribution in [0.4, 0.5) is 11.5 Å². The normalized spacial score (nSPS) is 20.0. The summed E-state index contributed by atoms with van der Waals surface area (Å²) in [6, 6.07) is 4.22. The van der Waals surface area contributed by atoms with Crippen LogP contribution in [0.15, 0.2) is 12.1 Å². The van der Waals surface area contributed by atoms with E-state index in [1.165, 1.54) is 12.8 Å². The van der Waals surface area contributed by atoms with Gasteiger partial charge < -0.3 is 15.4 Å². The molecule has 0 amide bonds. The first-order valence-electron chi connectivity index (χ1n) is 6.20. The van der Waals surface area contributed by atoms with Crippen LogP contribution in [0.2, 0.25) is 0 Å². The van der Waals surface area contributed by atoms with Gasteiger partial charge in [0.2, 0.25) is 5.88 Å². The van der Waals surface area contributed by atoms with Crippen LogP contribution < -0.4 is 15.4 Å². The second-order valence-electron chi connectivity index (χ2n) is 4.91. The van der Waals surface area contributed by atoms with Crippen LogP contribution in [0.25, 0.3) is 0 Å². The van der Waals surface area contributed by atoms with Crippen LogP contribution in [0, 0.1) is 5.92 Å². The first-order valence-corrected chi connectivity index (χ1v) is 6.20. The van der Waals surface area contributed by atoms with Gasteiger partial charge >= 0.3 is 0 Å². The number of pyridine rings is 1. The van der Waals surface area contributed by atoms with Crippen LogP contribution in [-0.4, -0.2) is 24.7 Å². The molecule has 17 heavy (non-hydrogen) atoms. The minimum Gasteiger partial charge on any atom is -0.481 e. The average Bonchev–Trinajstić information content (AvgIpc) is 2.78. The van der Waals surface area contributed by atoms with Crippen molar-refractivity contribution in [3.05, 3.63) is 12.1 Å². The summed E-state index contributed by atoms with van der Waals surface area (Å²) >= 11 is 0. The summed E-state index contributed by atoms with van der Waals surface area (Å²) in [6.45, 7) is 5.53. The van der Waals surface area contributed by atoms with Gasteiger partial charge in [0.05, 0.1) is 12.8 Å². The SMILES string of the molecule is COc1ccc(N)c(N2CCCC2C(C)C)n1. The Hall–Kier alpha value is -1.45. The van der Waals surface area contributed by atoms with Crippen molar-refractivity contribution in [1.82, 2.24) is 4.98 Å². The van der Waals surface area contributed by atoms with Gasteiger partial charge in [0.1, 0.15) is 0 Å². The molecule has 0 aliphatic carbocycles. The Morgan fingerprint density at radius 2 is 2.24 bits per heavy atom. The van der Waals surface area contributed by atoms with Crippen molar-refractivity contribution < 1.29 is 4.74 Å². The van der Waals surface area contributed by atoms with E-state index in [0.717, 1.165) is 18.1 Å². The highest BCUT2D eigenvalue weighted by Gasteiger charge is 2.29. The van der Waals surface area contributed by atoms with Gasteiger partial charge in [-0.25, -0.2) is 0 Å². The second kappa shape index (κ2) is 4.82. The summed E-state index contributed by atoms with van der Waals surface area (Å²) in [6.07, 6.45) is 2.43. The van der Waals surface area contributed by atoms with Gasteiger partial charge in [0.15, 0.2) is 5.82 Å². The van der Waals surface area contributed by atoms with E-state index in [1.54, 1.807) is 13.2 Å². The minimum absolute atomic E-state index is 0.539. The molecule has 2 N–H and O–H groups in total. The van der Waals surface area contributed by atoms with Crippen molar-refractivity contribution in [2.75, 3.05) is 24.3 Å². The Labute approximate surface area is 103 Å². The van der Waals surface area contributed by atoms with Crippen LogP contribution in [0.3, 0.4) is 0 Å². The number of nitrogens with zero attached hydrogens (tertiary/aromatic N) is 2. The Bertz CT molecular complexity index is 392. The van der Waals surface area contributed by atoms with Gasteiger partial charge in [-0.2, -0.15) is 4.98 Å². The van der Waals surface area contributed by atoms with Gasteiger partial charge in [-0.15, -0.1) is 0 Å². The molecule has 1 aromatic heterocycles. The first-order chi connectivity index (χ1) is 8.13.